The molecule has 0 aromatic carbocycles. The SMILES string of the molecule is CCNC(c1ccsc1)C(C)C(C)C. The third-order valence-corrected chi connectivity index (χ3v) is 3.61. The number of hydrogen-bond donors (Lipinski definition) is 1. The minimum Gasteiger partial charge on any atom is -0.310 e. The molecule has 1 aromatic rings. The average Bonchev–Trinajstić information content (AvgIpc) is 2.65. The average molecular weight is 211 g/mol. The van der Waals surface area contributed by atoms with E-state index < -0.39 is 0 Å². The molecule has 1 N–H and O–H groups in total. The van der Waals surface area contributed by atoms with Crippen molar-refractivity contribution in [2.75, 3.05) is 6.54 Å². The van der Waals surface area contributed by atoms with E-state index >= 15 is 0 Å². The monoisotopic (exact) mass is 211 g/mol. The zero-order chi connectivity index (χ0) is 10.6. The van der Waals surface area contributed by atoms with Crippen LogP contribution in [0.3, 0.4) is 0 Å². The summed E-state index contributed by atoms with van der Waals surface area (Å²) in [4.78, 5) is 0. The first-order valence-corrected chi connectivity index (χ1v) is 6.36. The van der Waals surface area contributed by atoms with Gasteiger partial charge in [-0.15, -0.1) is 0 Å². The van der Waals surface area contributed by atoms with Gasteiger partial charge in [-0.1, -0.05) is 27.7 Å². The largest absolute Gasteiger partial charge is 0.310 e. The van der Waals surface area contributed by atoms with Crippen LogP contribution in [-0.4, -0.2) is 6.54 Å². The normalized spacial score (nSPS) is 15.8. The lowest BCUT2D eigenvalue weighted by Gasteiger charge is -2.27. The van der Waals surface area contributed by atoms with Crippen molar-refractivity contribution in [3.8, 4) is 0 Å². The van der Waals surface area contributed by atoms with Gasteiger partial charge in [-0.2, -0.15) is 11.3 Å². The molecule has 0 amide bonds. The van der Waals surface area contributed by atoms with E-state index in [0.717, 1.165) is 12.5 Å². The fraction of sp³-hybridized carbons (Fsp3) is 0.667. The molecular weight excluding hydrogens is 190 g/mol. The number of thiophene rings is 1. The molecule has 2 heteroatoms. The fourth-order valence-electron chi connectivity index (χ4n) is 1.66. The summed E-state index contributed by atoms with van der Waals surface area (Å²) in [5.74, 6) is 1.41. The molecule has 80 valence electrons. The lowest BCUT2D eigenvalue weighted by Crippen LogP contribution is -2.29. The summed E-state index contributed by atoms with van der Waals surface area (Å²) in [6.45, 7) is 10.1. The van der Waals surface area contributed by atoms with E-state index in [4.69, 9.17) is 0 Å². The number of rotatable bonds is 5. The van der Waals surface area contributed by atoms with Gasteiger partial charge in [0.25, 0.3) is 0 Å². The number of nitrogens with one attached hydrogen (secondary N) is 1. The Kier molecular flexibility index (Phi) is 4.63. The highest BCUT2D eigenvalue weighted by Crippen LogP contribution is 2.28. The van der Waals surface area contributed by atoms with E-state index in [2.05, 4.69) is 49.8 Å². The second-order valence-corrected chi connectivity index (χ2v) is 4.98. The maximum atomic E-state index is 3.57. The van der Waals surface area contributed by atoms with Gasteiger partial charge >= 0.3 is 0 Å². The molecule has 0 aliphatic rings. The second kappa shape index (κ2) is 5.52. The van der Waals surface area contributed by atoms with Crippen LogP contribution in [0.5, 0.6) is 0 Å². The summed E-state index contributed by atoms with van der Waals surface area (Å²) in [5, 5.41) is 7.99. The highest BCUT2D eigenvalue weighted by Gasteiger charge is 2.20. The summed E-state index contributed by atoms with van der Waals surface area (Å²) in [6.07, 6.45) is 0. The van der Waals surface area contributed by atoms with Crippen LogP contribution >= 0.6 is 11.3 Å². The van der Waals surface area contributed by atoms with Crippen LogP contribution in [0.2, 0.25) is 0 Å². The Balaban J connectivity index is 2.74. The van der Waals surface area contributed by atoms with Crippen molar-refractivity contribution in [1.29, 1.82) is 0 Å². The molecule has 0 fully saturated rings. The molecule has 0 spiro atoms. The van der Waals surface area contributed by atoms with E-state index in [1.165, 1.54) is 5.56 Å². The molecule has 1 heterocycles. The Morgan fingerprint density at radius 1 is 1.36 bits per heavy atom. The summed E-state index contributed by atoms with van der Waals surface area (Å²) >= 11 is 1.78. The van der Waals surface area contributed by atoms with Crippen molar-refractivity contribution in [2.24, 2.45) is 11.8 Å². The molecule has 0 bridgehead atoms. The first kappa shape index (κ1) is 11.7. The zero-order valence-corrected chi connectivity index (χ0v) is 10.4. The Morgan fingerprint density at radius 3 is 2.50 bits per heavy atom. The van der Waals surface area contributed by atoms with Gasteiger partial charge in [-0.05, 0) is 40.8 Å². The molecule has 0 radical (unpaired) electrons. The topological polar surface area (TPSA) is 12.0 Å². The molecule has 14 heavy (non-hydrogen) atoms. The molecule has 0 aliphatic heterocycles. The van der Waals surface area contributed by atoms with Gasteiger partial charge in [-0.25, -0.2) is 0 Å². The second-order valence-electron chi connectivity index (χ2n) is 4.20. The van der Waals surface area contributed by atoms with Crippen molar-refractivity contribution < 1.29 is 0 Å². The van der Waals surface area contributed by atoms with E-state index in [9.17, 15) is 0 Å². The van der Waals surface area contributed by atoms with Crippen molar-refractivity contribution in [3.63, 3.8) is 0 Å². The molecule has 0 saturated heterocycles. The molecule has 0 aliphatic carbocycles. The Labute approximate surface area is 91.5 Å². The first-order valence-electron chi connectivity index (χ1n) is 5.42. The fourth-order valence-corrected chi connectivity index (χ4v) is 2.36. The summed E-state index contributed by atoms with van der Waals surface area (Å²) in [5.41, 5.74) is 1.44. The van der Waals surface area contributed by atoms with E-state index in [1.54, 1.807) is 11.3 Å². The molecule has 2 unspecified atom stereocenters. The Bertz CT molecular complexity index is 241. The third kappa shape index (κ3) is 2.82. The van der Waals surface area contributed by atoms with Gasteiger partial charge < -0.3 is 5.32 Å². The van der Waals surface area contributed by atoms with Crippen molar-refractivity contribution in [2.45, 2.75) is 33.7 Å². The summed E-state index contributed by atoms with van der Waals surface area (Å²) in [7, 11) is 0. The van der Waals surface area contributed by atoms with E-state index in [-0.39, 0.29) is 0 Å². The zero-order valence-electron chi connectivity index (χ0n) is 9.58. The van der Waals surface area contributed by atoms with Gasteiger partial charge in [0, 0.05) is 6.04 Å². The van der Waals surface area contributed by atoms with Crippen LogP contribution in [0.4, 0.5) is 0 Å². The quantitative estimate of drug-likeness (QED) is 0.783. The van der Waals surface area contributed by atoms with Gasteiger partial charge in [0.1, 0.15) is 0 Å². The molecule has 2 atom stereocenters. The van der Waals surface area contributed by atoms with Crippen LogP contribution in [0, 0.1) is 11.8 Å². The predicted molar refractivity (Wildman–Crippen MR) is 64.7 cm³/mol. The number of hydrogen-bond acceptors (Lipinski definition) is 2. The van der Waals surface area contributed by atoms with Crippen molar-refractivity contribution in [3.05, 3.63) is 22.4 Å². The van der Waals surface area contributed by atoms with Gasteiger partial charge in [-0.3, -0.25) is 0 Å². The minimum absolute atomic E-state index is 0.520. The van der Waals surface area contributed by atoms with Crippen LogP contribution in [0.25, 0.3) is 0 Å². The molecule has 1 rings (SSSR count). The Hall–Kier alpha value is -0.340. The third-order valence-electron chi connectivity index (χ3n) is 2.90. The summed E-state index contributed by atoms with van der Waals surface area (Å²) < 4.78 is 0. The van der Waals surface area contributed by atoms with Crippen molar-refractivity contribution in [1.82, 2.24) is 5.32 Å². The lowest BCUT2D eigenvalue weighted by atomic mass is 9.87. The van der Waals surface area contributed by atoms with Gasteiger partial charge in [0.15, 0.2) is 0 Å². The predicted octanol–water partition coefficient (Wildman–Crippen LogP) is 3.69. The highest BCUT2D eigenvalue weighted by molar-refractivity contribution is 7.07. The highest BCUT2D eigenvalue weighted by atomic mass is 32.1. The lowest BCUT2D eigenvalue weighted by molar-refractivity contribution is 0.308. The standard InChI is InChI=1S/C12H21NS/c1-5-13-12(10(4)9(2)3)11-6-7-14-8-11/h6-10,12-13H,5H2,1-4H3. The summed E-state index contributed by atoms with van der Waals surface area (Å²) in [6, 6.07) is 2.75. The molecular formula is C12H21NS. The van der Waals surface area contributed by atoms with Crippen LogP contribution in [0.15, 0.2) is 16.8 Å². The van der Waals surface area contributed by atoms with Gasteiger partial charge in [0.2, 0.25) is 0 Å². The van der Waals surface area contributed by atoms with Crippen molar-refractivity contribution >= 4 is 11.3 Å². The van der Waals surface area contributed by atoms with E-state index in [0.29, 0.717) is 12.0 Å². The van der Waals surface area contributed by atoms with Gasteiger partial charge in [0.05, 0.1) is 0 Å². The maximum Gasteiger partial charge on any atom is 0.0356 e. The Morgan fingerprint density at radius 2 is 2.07 bits per heavy atom. The minimum atomic E-state index is 0.520. The maximum absolute atomic E-state index is 3.57. The molecule has 0 saturated carbocycles. The van der Waals surface area contributed by atoms with E-state index in [1.807, 2.05) is 0 Å². The molecule has 1 nitrogen and oxygen atoms in total. The smallest absolute Gasteiger partial charge is 0.0356 e. The van der Waals surface area contributed by atoms with Crippen LogP contribution in [0.1, 0.15) is 39.3 Å². The van der Waals surface area contributed by atoms with Crippen LogP contribution in [-0.2, 0) is 0 Å². The molecule has 1 aromatic heterocycles. The van der Waals surface area contributed by atoms with Crippen LogP contribution < -0.4 is 5.32 Å². The first-order chi connectivity index (χ1) is 6.66.